The molecule has 2 rings (SSSR count). The number of oxazole rings is 1. The van der Waals surface area contributed by atoms with Crippen LogP contribution < -0.4 is 5.32 Å². The van der Waals surface area contributed by atoms with Crippen molar-refractivity contribution in [1.29, 1.82) is 0 Å². The summed E-state index contributed by atoms with van der Waals surface area (Å²) in [5.41, 5.74) is 1.08. The van der Waals surface area contributed by atoms with Crippen molar-refractivity contribution >= 4 is 11.1 Å². The van der Waals surface area contributed by atoms with Gasteiger partial charge >= 0.3 is 6.18 Å². The second-order valence-corrected chi connectivity index (χ2v) is 3.93. The van der Waals surface area contributed by atoms with Gasteiger partial charge in [-0.05, 0) is 18.7 Å². The van der Waals surface area contributed by atoms with E-state index in [0.717, 1.165) is 0 Å². The minimum Gasteiger partial charge on any atom is -0.441 e. The number of benzene rings is 1. The summed E-state index contributed by atoms with van der Waals surface area (Å²) in [6, 6.07) is 5.28. The van der Waals surface area contributed by atoms with E-state index in [2.05, 4.69) is 10.3 Å². The first-order valence-electron chi connectivity index (χ1n) is 5.65. The van der Waals surface area contributed by atoms with Crippen LogP contribution in [0.15, 0.2) is 28.7 Å². The van der Waals surface area contributed by atoms with E-state index >= 15 is 0 Å². The molecule has 1 heterocycles. The monoisotopic (exact) mass is 258 g/mol. The van der Waals surface area contributed by atoms with Crippen molar-refractivity contribution in [2.24, 2.45) is 0 Å². The average Bonchev–Trinajstić information content (AvgIpc) is 2.69. The van der Waals surface area contributed by atoms with Gasteiger partial charge in [0.2, 0.25) is 0 Å². The van der Waals surface area contributed by atoms with Crippen LogP contribution in [0.3, 0.4) is 0 Å². The normalized spacial score (nSPS) is 14.0. The van der Waals surface area contributed by atoms with E-state index < -0.39 is 12.2 Å². The first kappa shape index (κ1) is 12.9. The van der Waals surface area contributed by atoms with E-state index in [0.29, 0.717) is 11.1 Å². The summed E-state index contributed by atoms with van der Waals surface area (Å²) in [5.74, 6) is 0.0967. The topological polar surface area (TPSA) is 38.1 Å². The maximum atomic E-state index is 12.7. The van der Waals surface area contributed by atoms with Crippen molar-refractivity contribution in [2.45, 2.75) is 25.6 Å². The zero-order valence-electron chi connectivity index (χ0n) is 9.79. The van der Waals surface area contributed by atoms with E-state index in [-0.39, 0.29) is 18.9 Å². The van der Waals surface area contributed by atoms with E-state index in [1.807, 2.05) is 0 Å². The Morgan fingerprint density at radius 3 is 2.67 bits per heavy atom. The lowest BCUT2D eigenvalue weighted by atomic mass is 10.2. The molecule has 98 valence electrons. The molecule has 0 saturated heterocycles. The Labute approximate surface area is 102 Å². The van der Waals surface area contributed by atoms with Crippen LogP contribution in [0.2, 0.25) is 0 Å². The van der Waals surface area contributed by atoms with Gasteiger partial charge in [-0.15, -0.1) is 0 Å². The third-order valence-corrected chi connectivity index (χ3v) is 2.56. The number of aromatic nitrogens is 1. The predicted molar refractivity (Wildman–Crippen MR) is 61.2 cm³/mol. The number of rotatable bonds is 4. The minimum atomic E-state index is -4.31. The number of hydrogen-bond acceptors (Lipinski definition) is 3. The van der Waals surface area contributed by atoms with Gasteiger partial charge in [-0.25, -0.2) is 4.98 Å². The summed E-state index contributed by atoms with van der Waals surface area (Å²) < 4.78 is 43.4. The smallest absolute Gasteiger partial charge is 0.404 e. The van der Waals surface area contributed by atoms with Gasteiger partial charge in [0.25, 0.3) is 0 Å². The van der Waals surface area contributed by atoms with Crippen LogP contribution in [0.5, 0.6) is 0 Å². The SMILES string of the molecule is CCNC(Cc1nc2ccccc2o1)C(F)(F)F. The first-order chi connectivity index (χ1) is 8.50. The fourth-order valence-electron chi connectivity index (χ4n) is 1.73. The lowest BCUT2D eigenvalue weighted by Crippen LogP contribution is -2.43. The van der Waals surface area contributed by atoms with Crippen molar-refractivity contribution in [3.05, 3.63) is 30.2 Å². The standard InChI is InChI=1S/C12H13F3N2O/c1-2-16-10(12(13,14)15)7-11-17-8-5-3-4-6-9(8)18-11/h3-6,10,16H,2,7H2,1H3. The fourth-order valence-corrected chi connectivity index (χ4v) is 1.73. The molecule has 0 fully saturated rings. The van der Waals surface area contributed by atoms with Crippen LogP contribution in [0.4, 0.5) is 13.2 Å². The maximum absolute atomic E-state index is 12.7. The molecule has 0 aliphatic carbocycles. The molecule has 0 spiro atoms. The van der Waals surface area contributed by atoms with E-state index in [9.17, 15) is 13.2 Å². The van der Waals surface area contributed by atoms with Gasteiger partial charge in [0.1, 0.15) is 11.6 Å². The van der Waals surface area contributed by atoms with Gasteiger partial charge in [-0.3, -0.25) is 0 Å². The second-order valence-electron chi connectivity index (χ2n) is 3.93. The van der Waals surface area contributed by atoms with Gasteiger partial charge in [0.15, 0.2) is 11.5 Å². The van der Waals surface area contributed by atoms with Crippen molar-refractivity contribution in [2.75, 3.05) is 6.54 Å². The van der Waals surface area contributed by atoms with E-state index in [4.69, 9.17) is 4.42 Å². The molecule has 0 saturated carbocycles. The summed E-state index contributed by atoms with van der Waals surface area (Å²) in [7, 11) is 0. The van der Waals surface area contributed by atoms with Crippen molar-refractivity contribution in [3.63, 3.8) is 0 Å². The molecule has 0 radical (unpaired) electrons. The lowest BCUT2D eigenvalue weighted by Gasteiger charge is -2.19. The Morgan fingerprint density at radius 2 is 2.06 bits per heavy atom. The van der Waals surface area contributed by atoms with Gasteiger partial charge in [-0.2, -0.15) is 13.2 Å². The van der Waals surface area contributed by atoms with Crippen LogP contribution in [-0.4, -0.2) is 23.7 Å². The summed E-state index contributed by atoms with van der Waals surface area (Å²) in [5, 5.41) is 2.39. The number of nitrogens with zero attached hydrogens (tertiary/aromatic N) is 1. The number of para-hydroxylation sites is 2. The molecule has 1 aromatic carbocycles. The first-order valence-corrected chi connectivity index (χ1v) is 5.65. The molecule has 18 heavy (non-hydrogen) atoms. The molecular weight excluding hydrogens is 245 g/mol. The zero-order chi connectivity index (χ0) is 13.2. The van der Waals surface area contributed by atoms with Gasteiger partial charge < -0.3 is 9.73 Å². The minimum absolute atomic E-state index is 0.0967. The molecule has 1 N–H and O–H groups in total. The Hall–Kier alpha value is -1.56. The summed E-state index contributed by atoms with van der Waals surface area (Å²) in [6.45, 7) is 1.87. The van der Waals surface area contributed by atoms with Crippen LogP contribution in [-0.2, 0) is 6.42 Å². The van der Waals surface area contributed by atoms with Crippen LogP contribution >= 0.6 is 0 Å². The lowest BCUT2D eigenvalue weighted by molar-refractivity contribution is -0.156. The molecule has 0 amide bonds. The largest absolute Gasteiger partial charge is 0.441 e. The molecule has 2 aromatic rings. The summed E-state index contributed by atoms with van der Waals surface area (Å²) in [6.07, 6.45) is -4.61. The third kappa shape index (κ3) is 2.81. The Morgan fingerprint density at radius 1 is 1.33 bits per heavy atom. The number of hydrogen-bond donors (Lipinski definition) is 1. The third-order valence-electron chi connectivity index (χ3n) is 2.56. The molecule has 6 heteroatoms. The van der Waals surface area contributed by atoms with Crippen LogP contribution in [0, 0.1) is 0 Å². The maximum Gasteiger partial charge on any atom is 0.404 e. The molecule has 0 aliphatic heterocycles. The van der Waals surface area contributed by atoms with Gasteiger partial charge in [0.05, 0.1) is 0 Å². The highest BCUT2D eigenvalue weighted by Gasteiger charge is 2.39. The highest BCUT2D eigenvalue weighted by atomic mass is 19.4. The molecule has 0 aliphatic rings. The highest BCUT2D eigenvalue weighted by molar-refractivity contribution is 5.72. The van der Waals surface area contributed by atoms with Crippen molar-refractivity contribution in [1.82, 2.24) is 10.3 Å². The second kappa shape index (κ2) is 4.97. The fraction of sp³-hybridized carbons (Fsp3) is 0.417. The van der Waals surface area contributed by atoms with Crippen LogP contribution in [0.1, 0.15) is 12.8 Å². The molecule has 1 unspecified atom stereocenters. The number of nitrogens with one attached hydrogen (secondary N) is 1. The van der Waals surface area contributed by atoms with Crippen molar-refractivity contribution < 1.29 is 17.6 Å². The zero-order valence-corrected chi connectivity index (χ0v) is 9.79. The number of alkyl halides is 3. The quantitative estimate of drug-likeness (QED) is 0.916. The number of likely N-dealkylation sites (N-methyl/N-ethyl adjacent to an activating group) is 1. The van der Waals surface area contributed by atoms with E-state index in [1.54, 1.807) is 31.2 Å². The molecule has 3 nitrogen and oxygen atoms in total. The molecule has 1 aromatic heterocycles. The van der Waals surface area contributed by atoms with E-state index in [1.165, 1.54) is 0 Å². The predicted octanol–water partition coefficient (Wildman–Crippen LogP) is 2.91. The Kier molecular flexibility index (Phi) is 3.56. The van der Waals surface area contributed by atoms with Crippen LogP contribution in [0.25, 0.3) is 11.1 Å². The molecule has 0 bridgehead atoms. The Balaban J connectivity index is 2.20. The highest BCUT2D eigenvalue weighted by Crippen LogP contribution is 2.24. The van der Waals surface area contributed by atoms with Gasteiger partial charge in [-0.1, -0.05) is 19.1 Å². The molecular formula is C12H13F3N2O. The number of halogens is 3. The molecule has 1 atom stereocenters. The Bertz CT molecular complexity index is 488. The number of fused-ring (bicyclic) bond motifs is 1. The summed E-state index contributed by atoms with van der Waals surface area (Å²) >= 11 is 0. The van der Waals surface area contributed by atoms with Gasteiger partial charge in [0, 0.05) is 6.42 Å². The average molecular weight is 258 g/mol. The summed E-state index contributed by atoms with van der Waals surface area (Å²) in [4.78, 5) is 4.04. The van der Waals surface area contributed by atoms with Crippen molar-refractivity contribution in [3.8, 4) is 0 Å².